The normalized spacial score (nSPS) is 17.2. The zero-order chi connectivity index (χ0) is 24.0. The Bertz CT molecular complexity index is 1340. The van der Waals surface area contributed by atoms with Crippen LogP contribution in [0.25, 0.3) is 11.1 Å². The Kier molecular flexibility index (Phi) is 5.27. The van der Waals surface area contributed by atoms with E-state index in [-0.39, 0.29) is 5.41 Å². The maximum absolute atomic E-state index is 2.61. The van der Waals surface area contributed by atoms with Crippen molar-refractivity contribution < 1.29 is 0 Å². The molecule has 0 saturated heterocycles. The third-order valence-electron chi connectivity index (χ3n) is 8.03. The van der Waals surface area contributed by atoms with Crippen LogP contribution in [0, 0.1) is 5.41 Å². The maximum Gasteiger partial charge on any atom is 0.139 e. The average molecular weight is 469 g/mol. The fourth-order valence-electron chi connectivity index (χ4n) is 6.45. The van der Waals surface area contributed by atoms with Gasteiger partial charge in [0.2, 0.25) is 0 Å². The lowest BCUT2D eigenvalue weighted by Gasteiger charge is -2.43. The second-order valence-corrected chi connectivity index (χ2v) is 15.1. The summed E-state index contributed by atoms with van der Waals surface area (Å²) in [5.41, 5.74) is 8.06. The predicted octanol–water partition coefficient (Wildman–Crippen LogP) is 7.51. The lowest BCUT2D eigenvalue weighted by Crippen LogP contribution is -2.65. The summed E-state index contributed by atoms with van der Waals surface area (Å²) in [4.78, 5) is 0. The van der Waals surface area contributed by atoms with E-state index in [0.717, 1.165) is 0 Å². The average Bonchev–Trinajstić information content (AvgIpc) is 3.51. The number of fused-ring (bicyclic) bond motifs is 3. The van der Waals surface area contributed by atoms with Crippen LogP contribution >= 0.6 is 0 Å². The Morgan fingerprint density at radius 1 is 0.571 bits per heavy atom. The lowest BCUT2D eigenvalue weighted by atomic mass is 9.87. The van der Waals surface area contributed by atoms with Gasteiger partial charge in [-0.25, -0.2) is 0 Å². The first-order valence-corrected chi connectivity index (χ1v) is 14.9. The molecule has 0 spiro atoms. The molecule has 1 atom stereocenters. The van der Waals surface area contributed by atoms with Crippen molar-refractivity contribution in [3.05, 3.63) is 144 Å². The van der Waals surface area contributed by atoms with Crippen molar-refractivity contribution in [3.63, 3.8) is 0 Å². The molecule has 0 amide bonds. The largest absolute Gasteiger partial charge is 0.139 e. The van der Waals surface area contributed by atoms with Crippen molar-refractivity contribution in [2.45, 2.75) is 31.9 Å². The topological polar surface area (TPSA) is 0 Å². The molecule has 4 aromatic carbocycles. The van der Waals surface area contributed by atoms with Crippen LogP contribution in [0.1, 0.15) is 37.4 Å². The Labute approximate surface area is 210 Å². The van der Waals surface area contributed by atoms with E-state index in [1.54, 1.807) is 0 Å². The highest BCUT2D eigenvalue weighted by Crippen LogP contribution is 2.53. The summed E-state index contributed by atoms with van der Waals surface area (Å²) in [6.45, 7) is 7.00. The Hall–Kier alpha value is -3.42. The fraction of sp³-hybridized carbons (Fsp3) is 0.176. The molecule has 6 rings (SSSR count). The molecule has 2 aliphatic carbocycles. The summed E-state index contributed by atoms with van der Waals surface area (Å²) >= 11 is 0. The highest BCUT2D eigenvalue weighted by molar-refractivity contribution is 7.05. The van der Waals surface area contributed by atoms with E-state index < -0.39 is 8.07 Å². The molecule has 2 aliphatic rings. The van der Waals surface area contributed by atoms with E-state index in [9.17, 15) is 0 Å². The van der Waals surface area contributed by atoms with Crippen LogP contribution < -0.4 is 10.4 Å². The van der Waals surface area contributed by atoms with Gasteiger partial charge in [0.05, 0.1) is 0 Å². The minimum atomic E-state index is -2.47. The van der Waals surface area contributed by atoms with Crippen molar-refractivity contribution in [2.75, 3.05) is 0 Å². The van der Waals surface area contributed by atoms with Gasteiger partial charge in [-0.1, -0.05) is 159 Å². The van der Waals surface area contributed by atoms with Gasteiger partial charge in [0.25, 0.3) is 0 Å². The molecular formula is C34H32Si. The fourth-order valence-corrected chi connectivity index (χ4v) is 12.4. The first kappa shape index (κ1) is 22.1. The van der Waals surface area contributed by atoms with Gasteiger partial charge in [-0.15, -0.1) is 0 Å². The van der Waals surface area contributed by atoms with Gasteiger partial charge in [-0.05, 0) is 33.2 Å². The van der Waals surface area contributed by atoms with Crippen molar-refractivity contribution in [3.8, 4) is 11.1 Å². The third-order valence-corrected chi connectivity index (χ3v) is 13.5. The summed E-state index contributed by atoms with van der Waals surface area (Å²) in [7, 11) is -2.47. The van der Waals surface area contributed by atoms with Gasteiger partial charge >= 0.3 is 0 Å². The third kappa shape index (κ3) is 3.41. The Morgan fingerprint density at radius 3 is 1.49 bits per heavy atom. The SMILES string of the molecule is CC(C)(C)C1=CC([Si](c2ccccc2)(c2ccccc2)C2c3ccccc3-c3ccccc32)C=C1. The van der Waals surface area contributed by atoms with Crippen LogP contribution in [-0.4, -0.2) is 8.07 Å². The predicted molar refractivity (Wildman–Crippen MR) is 152 cm³/mol. The Balaban J connectivity index is 1.73. The van der Waals surface area contributed by atoms with E-state index in [0.29, 0.717) is 11.1 Å². The zero-order valence-corrected chi connectivity index (χ0v) is 21.8. The lowest BCUT2D eigenvalue weighted by molar-refractivity contribution is 0.518. The molecule has 4 aromatic rings. The standard InChI is InChI=1S/C34H32Si/c1-34(2,3)25-22-23-28(24-25)35(26-14-6-4-7-15-26,27-16-8-5-9-17-27)33-31-20-12-10-18-29(31)30-19-11-13-21-32(30)33/h4-24,28,33H,1-3H3. The number of allylic oxidation sites excluding steroid dienone is 4. The molecule has 0 N–H and O–H groups in total. The van der Waals surface area contributed by atoms with Gasteiger partial charge in [0.1, 0.15) is 8.07 Å². The van der Waals surface area contributed by atoms with Gasteiger partial charge in [0.15, 0.2) is 0 Å². The van der Waals surface area contributed by atoms with Crippen LogP contribution in [0.2, 0.25) is 5.54 Å². The minimum Gasteiger partial charge on any atom is -0.0793 e. The van der Waals surface area contributed by atoms with E-state index >= 15 is 0 Å². The number of hydrogen-bond donors (Lipinski definition) is 0. The molecule has 0 fully saturated rings. The van der Waals surface area contributed by atoms with Crippen LogP contribution in [0.3, 0.4) is 0 Å². The molecule has 0 nitrogen and oxygen atoms in total. The molecule has 1 unspecified atom stereocenters. The molecule has 0 aliphatic heterocycles. The van der Waals surface area contributed by atoms with Crippen LogP contribution in [0.5, 0.6) is 0 Å². The second-order valence-electron chi connectivity index (χ2n) is 11.0. The molecule has 0 aromatic heterocycles. The van der Waals surface area contributed by atoms with Crippen molar-refractivity contribution in [1.29, 1.82) is 0 Å². The first-order valence-electron chi connectivity index (χ1n) is 12.7. The quantitative estimate of drug-likeness (QED) is 0.272. The van der Waals surface area contributed by atoms with E-state index in [1.807, 2.05) is 0 Å². The molecule has 0 saturated carbocycles. The van der Waals surface area contributed by atoms with Gasteiger partial charge < -0.3 is 0 Å². The second kappa shape index (κ2) is 8.36. The summed E-state index contributed by atoms with van der Waals surface area (Å²) < 4.78 is 0. The zero-order valence-electron chi connectivity index (χ0n) is 20.8. The molecule has 1 heteroatoms. The van der Waals surface area contributed by atoms with Gasteiger partial charge in [-0.3, -0.25) is 0 Å². The van der Waals surface area contributed by atoms with E-state index in [2.05, 4.69) is 148 Å². The summed E-state index contributed by atoms with van der Waals surface area (Å²) in [5.74, 6) is 0. The number of rotatable bonds is 4. The van der Waals surface area contributed by atoms with E-state index in [1.165, 1.54) is 38.2 Å². The molecule has 0 heterocycles. The Morgan fingerprint density at radius 2 is 1.03 bits per heavy atom. The summed E-state index contributed by atoms with van der Waals surface area (Å²) in [5, 5.41) is 3.01. The van der Waals surface area contributed by atoms with Crippen LogP contribution in [0.15, 0.2) is 133 Å². The number of hydrogen-bond acceptors (Lipinski definition) is 0. The molecular weight excluding hydrogens is 436 g/mol. The van der Waals surface area contributed by atoms with Crippen molar-refractivity contribution >= 4 is 18.4 Å². The molecule has 172 valence electrons. The van der Waals surface area contributed by atoms with Gasteiger partial charge in [-0.2, -0.15) is 0 Å². The van der Waals surface area contributed by atoms with Crippen molar-refractivity contribution in [1.82, 2.24) is 0 Å². The highest BCUT2D eigenvalue weighted by Gasteiger charge is 2.54. The molecule has 0 radical (unpaired) electrons. The maximum atomic E-state index is 2.61. The minimum absolute atomic E-state index is 0.129. The molecule has 0 bridgehead atoms. The monoisotopic (exact) mass is 468 g/mol. The van der Waals surface area contributed by atoms with Gasteiger partial charge in [0, 0.05) is 11.1 Å². The first-order chi connectivity index (χ1) is 17.0. The highest BCUT2D eigenvalue weighted by atomic mass is 28.3. The molecule has 35 heavy (non-hydrogen) atoms. The van der Waals surface area contributed by atoms with Crippen LogP contribution in [0.4, 0.5) is 0 Å². The summed E-state index contributed by atoms with van der Waals surface area (Å²) in [6, 6.07) is 41.1. The summed E-state index contributed by atoms with van der Waals surface area (Å²) in [6.07, 6.45) is 7.54. The van der Waals surface area contributed by atoms with Crippen molar-refractivity contribution in [2.24, 2.45) is 5.41 Å². The number of benzene rings is 4. The van der Waals surface area contributed by atoms with E-state index in [4.69, 9.17) is 0 Å². The van der Waals surface area contributed by atoms with Crippen LogP contribution in [-0.2, 0) is 0 Å². The smallest absolute Gasteiger partial charge is 0.0793 e.